The fourth-order valence-corrected chi connectivity index (χ4v) is 3.37. The molecular formula is C9H11BrFN3O3S. The molecule has 1 unspecified atom stereocenters. The molecule has 0 aliphatic carbocycles. The quantitative estimate of drug-likeness (QED) is 0.685. The highest BCUT2D eigenvalue weighted by molar-refractivity contribution is 9.10. The second kappa shape index (κ2) is 5.21. The molecule has 0 spiro atoms. The van der Waals surface area contributed by atoms with E-state index in [1.807, 2.05) is 4.72 Å². The number of hydrogen-bond acceptors (Lipinski definition) is 4. The van der Waals surface area contributed by atoms with Crippen molar-refractivity contribution >= 4 is 37.5 Å². The van der Waals surface area contributed by atoms with Gasteiger partial charge < -0.3 is 11.5 Å². The third-order valence-electron chi connectivity index (χ3n) is 2.10. The van der Waals surface area contributed by atoms with E-state index in [0.717, 1.165) is 12.1 Å². The number of carbonyl (C=O) groups is 1. The van der Waals surface area contributed by atoms with Crippen molar-refractivity contribution in [2.75, 3.05) is 5.73 Å². The van der Waals surface area contributed by atoms with E-state index in [9.17, 15) is 17.6 Å². The number of halogens is 2. The highest BCUT2D eigenvalue weighted by Gasteiger charge is 2.23. The standard InChI is InChI=1S/C9H11BrFN3O3S/c1-4(9(13)15)14-18(16,17)8-3-7(12)6(11)2-5(8)10/h2-4,14H,12H2,1H3,(H2,13,15). The summed E-state index contributed by atoms with van der Waals surface area (Å²) in [5.41, 5.74) is 9.93. The highest BCUT2D eigenvalue weighted by Crippen LogP contribution is 2.26. The van der Waals surface area contributed by atoms with Crippen LogP contribution in [0, 0.1) is 5.82 Å². The first-order chi connectivity index (χ1) is 8.15. The van der Waals surface area contributed by atoms with Crippen LogP contribution < -0.4 is 16.2 Å². The largest absolute Gasteiger partial charge is 0.396 e. The third kappa shape index (κ3) is 3.18. The minimum Gasteiger partial charge on any atom is -0.396 e. The van der Waals surface area contributed by atoms with Crippen molar-refractivity contribution < 1.29 is 17.6 Å². The molecule has 6 nitrogen and oxygen atoms in total. The van der Waals surface area contributed by atoms with Gasteiger partial charge in [0.25, 0.3) is 0 Å². The lowest BCUT2D eigenvalue weighted by atomic mass is 10.3. The van der Waals surface area contributed by atoms with Crippen LogP contribution in [0.2, 0.25) is 0 Å². The van der Waals surface area contributed by atoms with Gasteiger partial charge in [-0.1, -0.05) is 0 Å². The maximum Gasteiger partial charge on any atom is 0.242 e. The molecule has 1 atom stereocenters. The molecule has 1 rings (SSSR count). The van der Waals surface area contributed by atoms with Crippen molar-refractivity contribution in [1.29, 1.82) is 0 Å². The summed E-state index contributed by atoms with van der Waals surface area (Å²) in [7, 11) is -4.02. The Hall–Kier alpha value is -1.19. The first-order valence-electron chi connectivity index (χ1n) is 4.71. The zero-order chi connectivity index (χ0) is 14.1. The average molecular weight is 340 g/mol. The lowest BCUT2D eigenvalue weighted by Crippen LogP contribution is -2.42. The van der Waals surface area contributed by atoms with Crippen LogP contribution in [0.4, 0.5) is 10.1 Å². The van der Waals surface area contributed by atoms with E-state index < -0.39 is 27.8 Å². The number of nitrogens with one attached hydrogen (secondary N) is 1. The Morgan fingerprint density at radius 2 is 2.06 bits per heavy atom. The van der Waals surface area contributed by atoms with Crippen LogP contribution in [0.1, 0.15) is 6.92 Å². The summed E-state index contributed by atoms with van der Waals surface area (Å²) >= 11 is 2.91. The topological polar surface area (TPSA) is 115 Å². The zero-order valence-corrected chi connectivity index (χ0v) is 11.7. The number of primary amides is 1. The predicted octanol–water partition coefficient (Wildman–Crippen LogP) is 0.323. The number of amides is 1. The fourth-order valence-electron chi connectivity index (χ4n) is 1.11. The highest BCUT2D eigenvalue weighted by atomic mass is 79.9. The SMILES string of the molecule is CC(NS(=O)(=O)c1cc(N)c(F)cc1Br)C(N)=O. The zero-order valence-electron chi connectivity index (χ0n) is 9.28. The Balaban J connectivity index is 3.21. The normalized spacial score (nSPS) is 13.3. The van der Waals surface area contributed by atoms with Crippen LogP contribution in [-0.2, 0) is 14.8 Å². The maximum absolute atomic E-state index is 13.1. The van der Waals surface area contributed by atoms with Crippen LogP contribution in [-0.4, -0.2) is 20.4 Å². The van der Waals surface area contributed by atoms with Gasteiger partial charge in [-0.05, 0) is 35.0 Å². The minimum atomic E-state index is -4.02. The van der Waals surface area contributed by atoms with Crippen LogP contribution in [0.5, 0.6) is 0 Å². The predicted molar refractivity (Wildman–Crippen MR) is 67.5 cm³/mol. The van der Waals surface area contributed by atoms with E-state index in [4.69, 9.17) is 11.5 Å². The summed E-state index contributed by atoms with van der Waals surface area (Å²) in [6.07, 6.45) is 0. The van der Waals surface area contributed by atoms with Crippen molar-refractivity contribution in [3.63, 3.8) is 0 Å². The van der Waals surface area contributed by atoms with Gasteiger partial charge in [-0.3, -0.25) is 4.79 Å². The van der Waals surface area contributed by atoms with E-state index in [0.29, 0.717) is 0 Å². The molecule has 1 aromatic rings. The first-order valence-corrected chi connectivity index (χ1v) is 6.99. The van der Waals surface area contributed by atoms with E-state index in [2.05, 4.69) is 15.9 Å². The van der Waals surface area contributed by atoms with Crippen molar-refractivity contribution in [2.24, 2.45) is 5.73 Å². The molecule has 0 aliphatic rings. The van der Waals surface area contributed by atoms with Gasteiger partial charge in [-0.2, -0.15) is 4.72 Å². The lowest BCUT2D eigenvalue weighted by molar-refractivity contribution is -0.119. The summed E-state index contributed by atoms with van der Waals surface area (Å²) < 4.78 is 39.0. The van der Waals surface area contributed by atoms with Gasteiger partial charge in [0.2, 0.25) is 15.9 Å². The van der Waals surface area contributed by atoms with Gasteiger partial charge in [0.05, 0.1) is 16.6 Å². The molecule has 5 N–H and O–H groups in total. The van der Waals surface area contributed by atoms with E-state index in [1.54, 1.807) is 0 Å². The smallest absolute Gasteiger partial charge is 0.242 e. The summed E-state index contributed by atoms with van der Waals surface area (Å²) in [5.74, 6) is -1.58. The number of anilines is 1. The van der Waals surface area contributed by atoms with E-state index in [1.165, 1.54) is 6.92 Å². The van der Waals surface area contributed by atoms with Crippen LogP contribution >= 0.6 is 15.9 Å². The molecule has 0 aliphatic heterocycles. The summed E-state index contributed by atoms with van der Waals surface area (Å²) in [6, 6.07) is 0.794. The Kier molecular flexibility index (Phi) is 4.30. The summed E-state index contributed by atoms with van der Waals surface area (Å²) in [4.78, 5) is 10.5. The number of sulfonamides is 1. The van der Waals surface area contributed by atoms with Crippen molar-refractivity contribution in [3.05, 3.63) is 22.4 Å². The molecule has 0 aromatic heterocycles. The van der Waals surface area contributed by atoms with Gasteiger partial charge in [0.1, 0.15) is 5.82 Å². The van der Waals surface area contributed by atoms with Gasteiger partial charge in [-0.15, -0.1) is 0 Å². The molecule has 18 heavy (non-hydrogen) atoms. The maximum atomic E-state index is 13.1. The Labute approximate surface area is 112 Å². The Morgan fingerprint density at radius 1 is 1.50 bits per heavy atom. The fraction of sp³-hybridized carbons (Fsp3) is 0.222. The van der Waals surface area contributed by atoms with E-state index in [-0.39, 0.29) is 15.1 Å². The molecular weight excluding hydrogens is 329 g/mol. The molecule has 0 saturated carbocycles. The van der Waals surface area contributed by atoms with Gasteiger partial charge in [-0.25, -0.2) is 12.8 Å². The monoisotopic (exact) mass is 339 g/mol. The van der Waals surface area contributed by atoms with Gasteiger partial charge >= 0.3 is 0 Å². The number of hydrogen-bond donors (Lipinski definition) is 3. The number of carbonyl (C=O) groups excluding carboxylic acids is 1. The Bertz CT molecular complexity index is 591. The molecule has 0 heterocycles. The first kappa shape index (κ1) is 14.9. The molecule has 0 radical (unpaired) electrons. The van der Waals surface area contributed by atoms with Gasteiger partial charge in [0.15, 0.2) is 0 Å². The second-order valence-corrected chi connectivity index (χ2v) is 6.09. The lowest BCUT2D eigenvalue weighted by Gasteiger charge is -2.12. The molecule has 0 saturated heterocycles. The Morgan fingerprint density at radius 3 is 2.56 bits per heavy atom. The third-order valence-corrected chi connectivity index (χ3v) is 4.60. The number of nitrogen functional groups attached to an aromatic ring is 1. The minimum absolute atomic E-state index is 0.00151. The number of rotatable bonds is 4. The van der Waals surface area contributed by atoms with Crippen LogP contribution in [0.15, 0.2) is 21.5 Å². The van der Waals surface area contributed by atoms with E-state index >= 15 is 0 Å². The molecule has 0 bridgehead atoms. The average Bonchev–Trinajstić information content (AvgIpc) is 2.22. The summed E-state index contributed by atoms with van der Waals surface area (Å²) in [6.45, 7) is 1.29. The van der Waals surface area contributed by atoms with Crippen LogP contribution in [0.25, 0.3) is 0 Å². The van der Waals surface area contributed by atoms with Gasteiger partial charge in [0, 0.05) is 4.47 Å². The van der Waals surface area contributed by atoms with Crippen molar-refractivity contribution in [3.8, 4) is 0 Å². The molecule has 1 aromatic carbocycles. The molecule has 9 heteroatoms. The van der Waals surface area contributed by atoms with Crippen molar-refractivity contribution in [1.82, 2.24) is 4.72 Å². The molecule has 100 valence electrons. The molecule has 1 amide bonds. The number of nitrogens with two attached hydrogens (primary N) is 2. The number of benzene rings is 1. The molecule has 0 fully saturated rings. The second-order valence-electron chi connectivity index (χ2n) is 3.55. The summed E-state index contributed by atoms with van der Waals surface area (Å²) in [5, 5.41) is 0. The van der Waals surface area contributed by atoms with Crippen molar-refractivity contribution in [2.45, 2.75) is 17.9 Å². The van der Waals surface area contributed by atoms with Crippen LogP contribution in [0.3, 0.4) is 0 Å².